The average Bonchev–Trinajstić information content (AvgIpc) is 2.88. The molecule has 0 spiro atoms. The molecule has 1 fully saturated rings. The van der Waals surface area contributed by atoms with E-state index in [1.54, 1.807) is 7.11 Å². The molecule has 1 aromatic rings. The van der Waals surface area contributed by atoms with Crippen LogP contribution in [-0.4, -0.2) is 37.0 Å². The Morgan fingerprint density at radius 1 is 1.37 bits per heavy atom. The highest BCUT2D eigenvalue weighted by atomic mass is 16.5. The molecule has 0 aromatic heterocycles. The number of nitrogens with zero attached hydrogens (tertiary/aromatic N) is 2. The second kappa shape index (κ2) is 5.60. The highest BCUT2D eigenvalue weighted by molar-refractivity contribution is 5.91. The second-order valence-corrected chi connectivity index (χ2v) is 4.57. The van der Waals surface area contributed by atoms with Crippen molar-refractivity contribution in [3.05, 3.63) is 29.8 Å². The fourth-order valence-electron chi connectivity index (χ4n) is 2.29. The summed E-state index contributed by atoms with van der Waals surface area (Å²) in [6.45, 7) is 1.56. The zero-order valence-electron chi connectivity index (χ0n) is 11.0. The molecule has 19 heavy (non-hydrogen) atoms. The van der Waals surface area contributed by atoms with Crippen LogP contribution < -0.4 is 16.2 Å². The van der Waals surface area contributed by atoms with Gasteiger partial charge in [0.15, 0.2) is 5.96 Å². The number of ether oxygens (including phenoxy) is 1. The molecule has 6 heteroatoms. The van der Waals surface area contributed by atoms with Gasteiger partial charge in [0.05, 0.1) is 7.11 Å². The molecule has 6 nitrogen and oxygen atoms in total. The molecular formula is C13H19N5O. The van der Waals surface area contributed by atoms with Crippen molar-refractivity contribution >= 4 is 11.9 Å². The van der Waals surface area contributed by atoms with E-state index in [-0.39, 0.29) is 11.9 Å². The first-order valence-corrected chi connectivity index (χ1v) is 6.17. The maximum Gasteiger partial charge on any atom is 0.221 e. The molecule has 1 atom stereocenters. The molecule has 1 unspecified atom stereocenters. The number of benzene rings is 1. The Hall–Kier alpha value is -2.24. The van der Waals surface area contributed by atoms with Crippen molar-refractivity contribution in [3.63, 3.8) is 0 Å². The number of rotatable bonds is 2. The van der Waals surface area contributed by atoms with Crippen molar-refractivity contribution in [3.8, 4) is 5.75 Å². The Bertz CT molecular complexity index is 478. The standard InChI is InChI=1S/C13H19N5O/c1-19-11-4-2-9(3-5-11)10-6-7-18(8-10)13(16)17-12(14)15/h2-5,10H,6-8H2,1H3,(H5,14,15,16,17). The summed E-state index contributed by atoms with van der Waals surface area (Å²) in [5.74, 6) is 1.32. The highest BCUT2D eigenvalue weighted by Gasteiger charge is 2.25. The van der Waals surface area contributed by atoms with Crippen LogP contribution in [0.25, 0.3) is 0 Å². The van der Waals surface area contributed by atoms with Gasteiger partial charge in [0, 0.05) is 19.0 Å². The summed E-state index contributed by atoms with van der Waals surface area (Å²) < 4.78 is 5.14. The van der Waals surface area contributed by atoms with Gasteiger partial charge in [0.2, 0.25) is 5.96 Å². The summed E-state index contributed by atoms with van der Waals surface area (Å²) in [5.41, 5.74) is 11.8. The van der Waals surface area contributed by atoms with Crippen LogP contribution in [0, 0.1) is 5.41 Å². The lowest BCUT2D eigenvalue weighted by atomic mass is 9.98. The second-order valence-electron chi connectivity index (χ2n) is 4.57. The maximum atomic E-state index is 7.79. The molecule has 0 bridgehead atoms. The third-order valence-corrected chi connectivity index (χ3v) is 3.31. The van der Waals surface area contributed by atoms with Gasteiger partial charge in [0.1, 0.15) is 5.75 Å². The van der Waals surface area contributed by atoms with E-state index in [1.807, 2.05) is 17.0 Å². The lowest BCUT2D eigenvalue weighted by Gasteiger charge is -2.16. The fourth-order valence-corrected chi connectivity index (χ4v) is 2.29. The van der Waals surface area contributed by atoms with Crippen LogP contribution in [0.5, 0.6) is 5.75 Å². The SMILES string of the molecule is COc1ccc(C2CCN(C(=N)N=C(N)N)C2)cc1. The summed E-state index contributed by atoms with van der Waals surface area (Å²) in [5, 5.41) is 7.79. The van der Waals surface area contributed by atoms with Gasteiger partial charge in [-0.25, -0.2) is 0 Å². The van der Waals surface area contributed by atoms with Gasteiger partial charge >= 0.3 is 0 Å². The van der Waals surface area contributed by atoms with E-state index in [0.29, 0.717) is 5.92 Å². The van der Waals surface area contributed by atoms with Crippen LogP contribution in [0.15, 0.2) is 29.3 Å². The molecule has 102 valence electrons. The Labute approximate surface area is 112 Å². The van der Waals surface area contributed by atoms with E-state index < -0.39 is 0 Å². The van der Waals surface area contributed by atoms with Crippen molar-refractivity contribution < 1.29 is 4.74 Å². The quantitative estimate of drug-likeness (QED) is 0.538. The third kappa shape index (κ3) is 3.15. The predicted molar refractivity (Wildman–Crippen MR) is 75.5 cm³/mol. The average molecular weight is 261 g/mol. The molecule has 1 aliphatic rings. The Morgan fingerprint density at radius 3 is 2.63 bits per heavy atom. The van der Waals surface area contributed by atoms with Gasteiger partial charge in [-0.2, -0.15) is 4.99 Å². The lowest BCUT2D eigenvalue weighted by Crippen LogP contribution is -2.31. The molecule has 0 saturated carbocycles. The number of methoxy groups -OCH3 is 1. The summed E-state index contributed by atoms with van der Waals surface area (Å²) in [7, 11) is 1.66. The van der Waals surface area contributed by atoms with Gasteiger partial charge in [-0.3, -0.25) is 5.41 Å². The predicted octanol–water partition coefficient (Wildman–Crippen LogP) is 0.693. The van der Waals surface area contributed by atoms with Crippen molar-refractivity contribution in [1.82, 2.24) is 4.90 Å². The number of hydrogen-bond acceptors (Lipinski definition) is 2. The van der Waals surface area contributed by atoms with Crippen LogP contribution in [0.1, 0.15) is 17.9 Å². The van der Waals surface area contributed by atoms with Crippen molar-refractivity contribution in [1.29, 1.82) is 5.41 Å². The monoisotopic (exact) mass is 261 g/mol. The number of hydrogen-bond donors (Lipinski definition) is 3. The van der Waals surface area contributed by atoms with Crippen LogP contribution in [0.4, 0.5) is 0 Å². The Balaban J connectivity index is 2.01. The first-order valence-electron chi connectivity index (χ1n) is 6.17. The zero-order valence-corrected chi connectivity index (χ0v) is 11.0. The topological polar surface area (TPSA) is 101 Å². The first-order chi connectivity index (χ1) is 9.10. The van der Waals surface area contributed by atoms with Crippen molar-refractivity contribution in [2.24, 2.45) is 16.5 Å². The summed E-state index contributed by atoms with van der Waals surface area (Å²) in [6, 6.07) is 8.05. The number of aliphatic imine (C=N–C) groups is 1. The first kappa shape index (κ1) is 13.2. The summed E-state index contributed by atoms with van der Waals surface area (Å²) in [4.78, 5) is 5.66. The van der Waals surface area contributed by atoms with Gasteiger partial charge in [-0.1, -0.05) is 12.1 Å². The third-order valence-electron chi connectivity index (χ3n) is 3.31. The van der Waals surface area contributed by atoms with E-state index in [0.717, 1.165) is 25.3 Å². The normalized spacial score (nSPS) is 18.2. The summed E-state index contributed by atoms with van der Waals surface area (Å²) in [6.07, 6.45) is 0.995. The largest absolute Gasteiger partial charge is 0.497 e. The minimum Gasteiger partial charge on any atom is -0.497 e. The molecule has 1 saturated heterocycles. The molecule has 2 rings (SSSR count). The van der Waals surface area contributed by atoms with Gasteiger partial charge in [-0.05, 0) is 24.1 Å². The summed E-state index contributed by atoms with van der Waals surface area (Å²) >= 11 is 0. The molecule has 1 aliphatic heterocycles. The van der Waals surface area contributed by atoms with E-state index in [9.17, 15) is 0 Å². The molecule has 5 N–H and O–H groups in total. The van der Waals surface area contributed by atoms with E-state index >= 15 is 0 Å². The lowest BCUT2D eigenvalue weighted by molar-refractivity contribution is 0.414. The van der Waals surface area contributed by atoms with Crippen LogP contribution in [0.3, 0.4) is 0 Å². The minimum atomic E-state index is -0.0714. The number of nitrogens with one attached hydrogen (secondary N) is 1. The molecular weight excluding hydrogens is 242 g/mol. The van der Waals surface area contributed by atoms with Crippen molar-refractivity contribution in [2.75, 3.05) is 20.2 Å². The zero-order chi connectivity index (χ0) is 13.8. The van der Waals surface area contributed by atoms with E-state index in [4.69, 9.17) is 21.6 Å². The van der Waals surface area contributed by atoms with E-state index in [1.165, 1.54) is 5.56 Å². The number of guanidine groups is 2. The van der Waals surface area contributed by atoms with Gasteiger partial charge in [0.25, 0.3) is 0 Å². The molecule has 1 heterocycles. The van der Waals surface area contributed by atoms with E-state index in [2.05, 4.69) is 17.1 Å². The fraction of sp³-hybridized carbons (Fsp3) is 0.385. The minimum absolute atomic E-state index is 0.0714. The Morgan fingerprint density at radius 2 is 2.05 bits per heavy atom. The van der Waals surface area contributed by atoms with Crippen LogP contribution >= 0.6 is 0 Å². The highest BCUT2D eigenvalue weighted by Crippen LogP contribution is 2.28. The Kier molecular flexibility index (Phi) is 3.89. The molecule has 0 aliphatic carbocycles. The molecule has 0 amide bonds. The number of nitrogens with two attached hydrogens (primary N) is 2. The molecule has 1 aromatic carbocycles. The smallest absolute Gasteiger partial charge is 0.221 e. The van der Waals surface area contributed by atoms with Crippen LogP contribution in [-0.2, 0) is 0 Å². The van der Waals surface area contributed by atoms with Crippen LogP contribution in [0.2, 0.25) is 0 Å². The molecule has 0 radical (unpaired) electrons. The maximum absolute atomic E-state index is 7.79. The number of likely N-dealkylation sites (tertiary alicyclic amines) is 1. The van der Waals surface area contributed by atoms with Gasteiger partial charge in [-0.15, -0.1) is 0 Å². The van der Waals surface area contributed by atoms with Crippen molar-refractivity contribution in [2.45, 2.75) is 12.3 Å². The van der Waals surface area contributed by atoms with Gasteiger partial charge < -0.3 is 21.1 Å².